The molecule has 0 unspecified atom stereocenters. The molecule has 0 saturated heterocycles. The van der Waals surface area contributed by atoms with E-state index < -0.39 is 5.82 Å². The first-order valence-electron chi connectivity index (χ1n) is 6.04. The van der Waals surface area contributed by atoms with E-state index in [2.05, 4.69) is 5.32 Å². The minimum Gasteiger partial charge on any atom is -0.483 e. The Kier molecular flexibility index (Phi) is 4.82. The molecule has 0 aliphatic carbocycles. The lowest BCUT2D eigenvalue weighted by atomic mass is 10.3. The molecule has 102 valence electrons. The van der Waals surface area contributed by atoms with Crippen molar-refractivity contribution < 1.29 is 13.5 Å². The lowest BCUT2D eigenvalue weighted by Gasteiger charge is -2.05. The molecule has 0 atom stereocenters. The molecular formula is C14H15ClFNO2. The summed E-state index contributed by atoms with van der Waals surface area (Å²) in [6, 6.07) is 6.53. The van der Waals surface area contributed by atoms with Gasteiger partial charge in [0.2, 0.25) is 0 Å². The van der Waals surface area contributed by atoms with Gasteiger partial charge in [0.25, 0.3) is 0 Å². The zero-order chi connectivity index (χ0) is 13.7. The fraction of sp³-hybridized carbons (Fsp3) is 0.286. The van der Waals surface area contributed by atoms with Gasteiger partial charge in [-0.25, -0.2) is 4.39 Å². The number of hydrogen-bond donors (Lipinski definition) is 1. The van der Waals surface area contributed by atoms with Crippen LogP contribution in [-0.2, 0) is 13.2 Å². The lowest BCUT2D eigenvalue weighted by molar-refractivity contribution is 0.258. The van der Waals surface area contributed by atoms with Gasteiger partial charge in [0.1, 0.15) is 12.4 Å². The Morgan fingerprint density at radius 3 is 3.05 bits per heavy atom. The standard InChI is InChI=1S/C14H15ClFNO2/c1-2-17-7-10-6-11(18-8-10)9-19-13-5-3-4-12(15)14(13)16/h3-6,8,17H,2,7,9H2,1H3. The molecule has 1 aromatic heterocycles. The topological polar surface area (TPSA) is 34.4 Å². The van der Waals surface area contributed by atoms with E-state index in [1.165, 1.54) is 12.1 Å². The van der Waals surface area contributed by atoms with Gasteiger partial charge >= 0.3 is 0 Å². The largest absolute Gasteiger partial charge is 0.483 e. The lowest BCUT2D eigenvalue weighted by Crippen LogP contribution is -2.10. The first-order valence-corrected chi connectivity index (χ1v) is 6.42. The quantitative estimate of drug-likeness (QED) is 0.876. The summed E-state index contributed by atoms with van der Waals surface area (Å²) >= 11 is 5.67. The zero-order valence-corrected chi connectivity index (χ0v) is 11.3. The van der Waals surface area contributed by atoms with Crippen LogP contribution < -0.4 is 10.1 Å². The first-order chi connectivity index (χ1) is 9.20. The maximum Gasteiger partial charge on any atom is 0.183 e. The summed E-state index contributed by atoms with van der Waals surface area (Å²) < 4.78 is 24.3. The van der Waals surface area contributed by atoms with E-state index in [-0.39, 0.29) is 17.4 Å². The van der Waals surface area contributed by atoms with Gasteiger partial charge in [-0.05, 0) is 24.7 Å². The Labute approximate surface area is 116 Å². The third-order valence-electron chi connectivity index (χ3n) is 2.57. The highest BCUT2D eigenvalue weighted by Crippen LogP contribution is 2.25. The molecule has 0 saturated carbocycles. The molecular weight excluding hydrogens is 269 g/mol. The van der Waals surface area contributed by atoms with E-state index in [1.54, 1.807) is 12.3 Å². The minimum atomic E-state index is -0.552. The predicted molar refractivity (Wildman–Crippen MR) is 71.8 cm³/mol. The van der Waals surface area contributed by atoms with E-state index >= 15 is 0 Å². The van der Waals surface area contributed by atoms with Crippen LogP contribution in [0.1, 0.15) is 18.2 Å². The van der Waals surface area contributed by atoms with Crippen LogP contribution in [-0.4, -0.2) is 6.54 Å². The second-order valence-corrected chi connectivity index (χ2v) is 4.45. The van der Waals surface area contributed by atoms with Crippen LogP contribution >= 0.6 is 11.6 Å². The summed E-state index contributed by atoms with van der Waals surface area (Å²) in [5.41, 5.74) is 1.03. The molecule has 0 aliphatic heterocycles. The van der Waals surface area contributed by atoms with Crippen molar-refractivity contribution in [1.82, 2.24) is 5.32 Å². The number of nitrogens with one attached hydrogen (secondary N) is 1. The minimum absolute atomic E-state index is 0.0461. The highest BCUT2D eigenvalue weighted by Gasteiger charge is 2.08. The van der Waals surface area contributed by atoms with E-state index in [0.717, 1.165) is 18.7 Å². The Bertz CT molecular complexity index is 542. The molecule has 0 spiro atoms. The predicted octanol–water partition coefficient (Wildman–Crippen LogP) is 3.76. The fourth-order valence-corrected chi connectivity index (χ4v) is 1.77. The van der Waals surface area contributed by atoms with Crippen molar-refractivity contribution in [3.05, 3.63) is 52.7 Å². The Morgan fingerprint density at radius 2 is 2.26 bits per heavy atom. The highest BCUT2D eigenvalue weighted by molar-refractivity contribution is 6.30. The van der Waals surface area contributed by atoms with E-state index in [0.29, 0.717) is 5.76 Å². The number of furan rings is 1. The van der Waals surface area contributed by atoms with Crippen LogP contribution in [0.25, 0.3) is 0 Å². The van der Waals surface area contributed by atoms with Gasteiger partial charge in [-0.15, -0.1) is 0 Å². The van der Waals surface area contributed by atoms with Gasteiger partial charge < -0.3 is 14.5 Å². The van der Waals surface area contributed by atoms with Crippen molar-refractivity contribution in [2.45, 2.75) is 20.1 Å². The Morgan fingerprint density at radius 1 is 1.42 bits per heavy atom. The molecule has 0 amide bonds. The molecule has 0 bridgehead atoms. The molecule has 1 heterocycles. The number of halogens is 2. The van der Waals surface area contributed by atoms with Crippen LogP contribution in [0.5, 0.6) is 5.75 Å². The molecule has 1 aromatic carbocycles. The van der Waals surface area contributed by atoms with Crippen molar-refractivity contribution in [3.63, 3.8) is 0 Å². The van der Waals surface area contributed by atoms with Crippen molar-refractivity contribution in [2.75, 3.05) is 6.54 Å². The molecule has 0 radical (unpaired) electrons. The van der Waals surface area contributed by atoms with Crippen molar-refractivity contribution in [3.8, 4) is 5.75 Å². The Hall–Kier alpha value is -1.52. The Balaban J connectivity index is 1.95. The van der Waals surface area contributed by atoms with Gasteiger partial charge in [-0.1, -0.05) is 24.6 Å². The van der Waals surface area contributed by atoms with E-state index in [4.69, 9.17) is 20.8 Å². The third-order valence-corrected chi connectivity index (χ3v) is 2.87. The van der Waals surface area contributed by atoms with Crippen LogP contribution in [0, 0.1) is 5.82 Å². The number of rotatable bonds is 6. The fourth-order valence-electron chi connectivity index (χ4n) is 1.61. The molecule has 3 nitrogen and oxygen atoms in total. The van der Waals surface area contributed by atoms with Gasteiger partial charge in [-0.3, -0.25) is 0 Å². The van der Waals surface area contributed by atoms with Gasteiger partial charge in [-0.2, -0.15) is 0 Å². The van der Waals surface area contributed by atoms with Crippen LogP contribution in [0.15, 0.2) is 34.9 Å². The van der Waals surface area contributed by atoms with Crippen molar-refractivity contribution in [2.24, 2.45) is 0 Å². The summed E-state index contributed by atoms with van der Waals surface area (Å²) in [5.74, 6) is 0.216. The first kappa shape index (κ1) is 13.9. The van der Waals surface area contributed by atoms with Crippen LogP contribution in [0.2, 0.25) is 5.02 Å². The van der Waals surface area contributed by atoms with Crippen LogP contribution in [0.3, 0.4) is 0 Å². The number of ether oxygens (including phenoxy) is 1. The molecule has 0 fully saturated rings. The average molecular weight is 284 g/mol. The third kappa shape index (κ3) is 3.72. The average Bonchev–Trinajstić information content (AvgIpc) is 2.86. The van der Waals surface area contributed by atoms with Gasteiger partial charge in [0, 0.05) is 12.1 Å². The monoisotopic (exact) mass is 283 g/mol. The molecule has 2 aromatic rings. The SMILES string of the molecule is CCNCc1coc(COc2cccc(Cl)c2F)c1. The summed E-state index contributed by atoms with van der Waals surface area (Å²) in [6.07, 6.45) is 1.66. The summed E-state index contributed by atoms with van der Waals surface area (Å²) in [5, 5.41) is 3.24. The smallest absolute Gasteiger partial charge is 0.183 e. The second kappa shape index (κ2) is 6.59. The number of benzene rings is 1. The number of hydrogen-bond acceptors (Lipinski definition) is 3. The summed E-state index contributed by atoms with van der Waals surface area (Å²) in [6.45, 7) is 3.84. The van der Waals surface area contributed by atoms with Crippen LogP contribution in [0.4, 0.5) is 4.39 Å². The molecule has 19 heavy (non-hydrogen) atoms. The maximum absolute atomic E-state index is 13.6. The van der Waals surface area contributed by atoms with Gasteiger partial charge in [0.05, 0.1) is 11.3 Å². The molecule has 5 heteroatoms. The van der Waals surface area contributed by atoms with Crippen molar-refractivity contribution in [1.29, 1.82) is 0 Å². The second-order valence-electron chi connectivity index (χ2n) is 4.04. The van der Waals surface area contributed by atoms with Crippen molar-refractivity contribution >= 4 is 11.6 Å². The molecule has 2 rings (SSSR count). The molecule has 1 N–H and O–H groups in total. The maximum atomic E-state index is 13.6. The van der Waals surface area contributed by atoms with Gasteiger partial charge in [0.15, 0.2) is 11.6 Å². The molecule has 0 aliphatic rings. The van der Waals surface area contributed by atoms with E-state index in [9.17, 15) is 4.39 Å². The zero-order valence-electron chi connectivity index (χ0n) is 10.6. The summed E-state index contributed by atoms with van der Waals surface area (Å²) in [7, 11) is 0. The normalized spacial score (nSPS) is 10.7. The van der Waals surface area contributed by atoms with E-state index in [1.807, 2.05) is 13.0 Å². The summed E-state index contributed by atoms with van der Waals surface area (Å²) in [4.78, 5) is 0. The highest BCUT2D eigenvalue weighted by atomic mass is 35.5.